The Labute approximate surface area is 200 Å². The van der Waals surface area contributed by atoms with E-state index in [1.807, 2.05) is 10.6 Å². The van der Waals surface area contributed by atoms with Gasteiger partial charge in [0.15, 0.2) is 17.1 Å². The molecular weight excluding hydrogens is 457 g/mol. The van der Waals surface area contributed by atoms with E-state index in [2.05, 4.69) is 38.8 Å². The molecule has 2 atom stereocenters. The molecule has 3 aromatic heterocycles. The van der Waals surface area contributed by atoms with Crippen LogP contribution in [0.3, 0.4) is 0 Å². The van der Waals surface area contributed by atoms with Crippen molar-refractivity contribution in [3.05, 3.63) is 52.7 Å². The molecule has 1 spiro atoms. The molecule has 0 unspecified atom stereocenters. The fraction of sp³-hybridized carbons (Fsp3) is 0.375. The lowest BCUT2D eigenvalue weighted by Gasteiger charge is -2.41. The minimum absolute atomic E-state index is 0.0282. The van der Waals surface area contributed by atoms with Gasteiger partial charge in [-0.05, 0) is 37.8 Å². The van der Waals surface area contributed by atoms with E-state index in [-0.39, 0.29) is 28.1 Å². The normalized spacial score (nSPS) is 21.9. The van der Waals surface area contributed by atoms with Crippen LogP contribution in [0.25, 0.3) is 16.7 Å². The molecule has 2 aliphatic heterocycles. The summed E-state index contributed by atoms with van der Waals surface area (Å²) in [5.74, 6) is 6.02. The number of nitrogens with two attached hydrogens (primary N) is 1. The average Bonchev–Trinajstić information content (AvgIpc) is 3.55. The fourth-order valence-electron chi connectivity index (χ4n) is 5.09. The lowest BCUT2D eigenvalue weighted by atomic mass is 9.73. The third-order valence-electron chi connectivity index (χ3n) is 7.19. The van der Waals surface area contributed by atoms with Gasteiger partial charge in [0.25, 0.3) is 0 Å². The number of H-pyrrole nitrogens is 1. The number of piperidine rings is 1. The smallest absolute Gasteiger partial charge is 0.213 e. The molecule has 0 amide bonds. The van der Waals surface area contributed by atoms with Crippen molar-refractivity contribution in [2.75, 3.05) is 24.6 Å². The van der Waals surface area contributed by atoms with Crippen molar-refractivity contribution in [2.45, 2.75) is 31.9 Å². The Morgan fingerprint density at radius 3 is 2.88 bits per heavy atom. The molecule has 3 N–H and O–H groups in total. The van der Waals surface area contributed by atoms with Crippen molar-refractivity contribution in [1.29, 1.82) is 0 Å². The van der Waals surface area contributed by atoms with Crippen molar-refractivity contribution in [2.24, 2.45) is 11.1 Å². The number of benzene rings is 1. The fourth-order valence-corrected chi connectivity index (χ4v) is 5.27. The summed E-state index contributed by atoms with van der Waals surface area (Å²) in [7, 11) is 0. The molecule has 2 fully saturated rings. The van der Waals surface area contributed by atoms with Gasteiger partial charge in [0.1, 0.15) is 5.69 Å². The number of aromatic nitrogens is 5. The van der Waals surface area contributed by atoms with E-state index in [0.29, 0.717) is 29.0 Å². The molecule has 0 bridgehead atoms. The molecule has 5 heterocycles. The second-order valence-corrected chi connectivity index (χ2v) is 9.48. The highest BCUT2D eigenvalue weighted by atomic mass is 35.5. The molecule has 2 saturated heterocycles. The molecule has 0 radical (unpaired) electrons. The molecule has 0 saturated carbocycles. The van der Waals surface area contributed by atoms with Crippen LogP contribution in [0.5, 0.6) is 0 Å². The first-order valence-corrected chi connectivity index (χ1v) is 11.6. The van der Waals surface area contributed by atoms with Crippen LogP contribution >= 0.6 is 11.6 Å². The number of halogens is 2. The zero-order valence-corrected chi connectivity index (χ0v) is 19.3. The Balaban J connectivity index is 1.35. The summed E-state index contributed by atoms with van der Waals surface area (Å²) in [4.78, 5) is 11.7. The average molecular weight is 480 g/mol. The van der Waals surface area contributed by atoms with E-state index < -0.39 is 5.82 Å². The zero-order chi connectivity index (χ0) is 23.4. The summed E-state index contributed by atoms with van der Waals surface area (Å²) in [6, 6.07) is 4.78. The molecule has 1 aromatic carbocycles. The first-order chi connectivity index (χ1) is 16.5. The van der Waals surface area contributed by atoms with E-state index in [1.165, 1.54) is 6.07 Å². The van der Waals surface area contributed by atoms with Crippen LogP contribution in [0.2, 0.25) is 5.02 Å². The van der Waals surface area contributed by atoms with Gasteiger partial charge in [-0.25, -0.2) is 9.37 Å². The number of hydrogen-bond acceptors (Lipinski definition) is 6. The van der Waals surface area contributed by atoms with Crippen LogP contribution in [-0.4, -0.2) is 56.4 Å². The number of aromatic amines is 1. The standard InChI is InChI=1S/C24H23ClFN7O/c1-14-20(27)24(13-34-14)7-10-32(11-8-24)23-29-21-18(22-28-9-12-33(22)23)17(30-31-21)6-5-15-3-2-4-16(25)19(15)26/h2-4,9,12,14,20H,7-8,10-11,13,27H2,1H3,(H,30,31)/t14-,20+/m0/s1. The SMILES string of the molecule is C[C@@H]1OCC2(CCN(c3nc4[nH]nc(C#Cc5cccc(Cl)c5F)c4c4nccn34)CC2)[C@@H]1N. The van der Waals surface area contributed by atoms with Gasteiger partial charge in [-0.3, -0.25) is 9.50 Å². The molecule has 8 nitrogen and oxygen atoms in total. The number of anilines is 1. The maximum atomic E-state index is 14.2. The highest BCUT2D eigenvalue weighted by molar-refractivity contribution is 6.30. The van der Waals surface area contributed by atoms with Gasteiger partial charge in [-0.15, -0.1) is 0 Å². The van der Waals surface area contributed by atoms with Gasteiger partial charge in [-0.1, -0.05) is 23.6 Å². The number of ether oxygens (including phenoxy) is 1. The van der Waals surface area contributed by atoms with Crippen molar-refractivity contribution >= 4 is 34.2 Å². The Morgan fingerprint density at radius 2 is 2.12 bits per heavy atom. The van der Waals surface area contributed by atoms with Crippen LogP contribution < -0.4 is 10.6 Å². The van der Waals surface area contributed by atoms with Crippen LogP contribution in [0.15, 0.2) is 30.6 Å². The minimum Gasteiger partial charge on any atom is -0.376 e. The number of imidazole rings is 1. The van der Waals surface area contributed by atoms with E-state index in [9.17, 15) is 4.39 Å². The maximum Gasteiger partial charge on any atom is 0.213 e. The summed E-state index contributed by atoms with van der Waals surface area (Å²) in [6.45, 7) is 4.41. The summed E-state index contributed by atoms with van der Waals surface area (Å²) >= 11 is 5.87. The Hall–Kier alpha value is -3.19. The van der Waals surface area contributed by atoms with E-state index in [0.717, 1.165) is 31.9 Å². The van der Waals surface area contributed by atoms with E-state index >= 15 is 0 Å². The van der Waals surface area contributed by atoms with Crippen LogP contribution in [0.1, 0.15) is 31.0 Å². The van der Waals surface area contributed by atoms with Gasteiger partial charge < -0.3 is 15.4 Å². The van der Waals surface area contributed by atoms with Gasteiger partial charge in [0.05, 0.1) is 28.7 Å². The maximum absolute atomic E-state index is 14.2. The quantitative estimate of drug-likeness (QED) is 0.407. The molecule has 4 aromatic rings. The monoisotopic (exact) mass is 479 g/mol. The lowest BCUT2D eigenvalue weighted by Crippen LogP contribution is -2.51. The molecule has 34 heavy (non-hydrogen) atoms. The number of hydrogen-bond donors (Lipinski definition) is 2. The third kappa shape index (κ3) is 3.25. The molecule has 0 aliphatic carbocycles. The zero-order valence-electron chi connectivity index (χ0n) is 18.6. The number of nitrogens with one attached hydrogen (secondary N) is 1. The van der Waals surface area contributed by atoms with Gasteiger partial charge in [-0.2, -0.15) is 10.1 Å². The number of rotatable bonds is 1. The third-order valence-corrected chi connectivity index (χ3v) is 7.49. The Kier molecular flexibility index (Phi) is 4.99. The van der Waals surface area contributed by atoms with Crippen molar-refractivity contribution in [1.82, 2.24) is 24.6 Å². The first-order valence-electron chi connectivity index (χ1n) is 11.3. The summed E-state index contributed by atoms with van der Waals surface area (Å²) in [5.41, 5.74) is 8.44. The second kappa shape index (κ2) is 7.94. The Bertz CT molecular complexity index is 1460. The van der Waals surface area contributed by atoms with Gasteiger partial charge in [0.2, 0.25) is 5.95 Å². The predicted molar refractivity (Wildman–Crippen MR) is 127 cm³/mol. The van der Waals surface area contributed by atoms with Crippen LogP contribution in [0.4, 0.5) is 10.3 Å². The molecule has 2 aliphatic rings. The lowest BCUT2D eigenvalue weighted by molar-refractivity contribution is 0.0973. The molecule has 10 heteroatoms. The van der Waals surface area contributed by atoms with Crippen molar-refractivity contribution in [3.63, 3.8) is 0 Å². The van der Waals surface area contributed by atoms with Crippen LogP contribution in [-0.2, 0) is 4.74 Å². The summed E-state index contributed by atoms with van der Waals surface area (Å²) < 4.78 is 22.1. The van der Waals surface area contributed by atoms with Gasteiger partial charge in [0, 0.05) is 36.9 Å². The predicted octanol–water partition coefficient (Wildman–Crippen LogP) is 3.13. The highest BCUT2D eigenvalue weighted by Gasteiger charge is 2.47. The Morgan fingerprint density at radius 1 is 1.29 bits per heavy atom. The minimum atomic E-state index is -0.549. The highest BCUT2D eigenvalue weighted by Crippen LogP contribution is 2.42. The molecule has 6 rings (SSSR count). The van der Waals surface area contributed by atoms with Gasteiger partial charge >= 0.3 is 0 Å². The van der Waals surface area contributed by atoms with Crippen molar-refractivity contribution < 1.29 is 9.13 Å². The van der Waals surface area contributed by atoms with Crippen molar-refractivity contribution in [3.8, 4) is 11.8 Å². The van der Waals surface area contributed by atoms with E-state index in [1.54, 1.807) is 18.3 Å². The van der Waals surface area contributed by atoms with Crippen LogP contribution in [0, 0.1) is 23.1 Å². The topological polar surface area (TPSA) is 97.4 Å². The number of nitrogens with zero attached hydrogens (tertiary/aromatic N) is 5. The second-order valence-electron chi connectivity index (χ2n) is 9.07. The van der Waals surface area contributed by atoms with E-state index in [4.69, 9.17) is 27.1 Å². The largest absolute Gasteiger partial charge is 0.376 e. The summed E-state index contributed by atoms with van der Waals surface area (Å²) in [6.07, 6.45) is 5.59. The molecular formula is C24H23ClFN7O. The first kappa shape index (κ1) is 21.4. The summed E-state index contributed by atoms with van der Waals surface area (Å²) in [5, 5.41) is 8.03. The number of fused-ring (bicyclic) bond motifs is 3. The molecule has 174 valence electrons.